The Bertz CT molecular complexity index is 1220. The first-order valence-corrected chi connectivity index (χ1v) is 11.8. The third-order valence-electron chi connectivity index (χ3n) is 6.89. The van der Waals surface area contributed by atoms with E-state index in [1.54, 1.807) is 0 Å². The van der Waals surface area contributed by atoms with E-state index >= 15 is 0 Å². The fraction of sp³-hybridized carbons (Fsp3) is 0.321. The van der Waals surface area contributed by atoms with Gasteiger partial charge in [-0.05, 0) is 68.6 Å². The van der Waals surface area contributed by atoms with Crippen molar-refractivity contribution < 1.29 is 4.79 Å². The normalized spacial score (nSPS) is 15.4. The number of aryl methyl sites for hydroxylation is 1. The van der Waals surface area contributed by atoms with Crippen LogP contribution in [0.2, 0.25) is 0 Å². The Kier molecular flexibility index (Phi) is 5.95. The summed E-state index contributed by atoms with van der Waals surface area (Å²) in [5, 5.41) is 5.56. The molecule has 0 aliphatic carbocycles. The monoisotopic (exact) mass is 425 g/mol. The van der Waals surface area contributed by atoms with Crippen LogP contribution in [0.5, 0.6) is 0 Å². The molecule has 4 aromatic rings. The number of rotatable bonds is 6. The van der Waals surface area contributed by atoms with E-state index in [0.29, 0.717) is 12.3 Å². The van der Waals surface area contributed by atoms with Crippen LogP contribution >= 0.6 is 0 Å². The van der Waals surface area contributed by atoms with Crippen LogP contribution in [0.4, 0.5) is 5.69 Å². The highest BCUT2D eigenvalue weighted by atomic mass is 16.1. The number of carbonyl (C=O) groups is 1. The van der Waals surface area contributed by atoms with Crippen molar-refractivity contribution >= 4 is 33.4 Å². The van der Waals surface area contributed by atoms with Gasteiger partial charge in [-0.2, -0.15) is 0 Å². The summed E-state index contributed by atoms with van der Waals surface area (Å²) in [5.74, 6) is 0.743. The Morgan fingerprint density at radius 1 is 0.906 bits per heavy atom. The lowest BCUT2D eigenvalue weighted by atomic mass is 9.89. The Labute approximate surface area is 189 Å². The van der Waals surface area contributed by atoms with E-state index in [-0.39, 0.29) is 5.91 Å². The molecule has 1 aliphatic heterocycles. The Morgan fingerprint density at radius 3 is 2.41 bits per heavy atom. The molecule has 0 atom stereocenters. The minimum Gasteiger partial charge on any atom is -0.341 e. The summed E-state index contributed by atoms with van der Waals surface area (Å²) < 4.78 is 2.33. The maximum atomic E-state index is 12.7. The van der Waals surface area contributed by atoms with E-state index in [4.69, 9.17) is 0 Å². The number of fused-ring (bicyclic) bond motifs is 3. The van der Waals surface area contributed by atoms with Crippen molar-refractivity contribution in [3.8, 4) is 0 Å². The van der Waals surface area contributed by atoms with Crippen LogP contribution in [0.25, 0.3) is 21.8 Å². The number of nitrogens with zero attached hydrogens (tertiary/aromatic N) is 2. The van der Waals surface area contributed by atoms with Crippen molar-refractivity contribution in [1.29, 1.82) is 0 Å². The van der Waals surface area contributed by atoms with E-state index < -0.39 is 0 Å². The van der Waals surface area contributed by atoms with Gasteiger partial charge in [0.2, 0.25) is 5.91 Å². The maximum Gasteiger partial charge on any atom is 0.225 e. The fourth-order valence-electron chi connectivity index (χ4n) is 5.17. The highest BCUT2D eigenvalue weighted by molar-refractivity contribution is 6.09. The zero-order valence-electron chi connectivity index (χ0n) is 18.8. The lowest BCUT2D eigenvalue weighted by molar-refractivity contribution is -0.116. The van der Waals surface area contributed by atoms with Crippen molar-refractivity contribution in [3.05, 3.63) is 78.4 Å². The molecule has 1 aromatic heterocycles. The molecule has 2 heterocycles. The van der Waals surface area contributed by atoms with Gasteiger partial charge in [0.15, 0.2) is 0 Å². The van der Waals surface area contributed by atoms with Gasteiger partial charge in [-0.1, -0.05) is 48.5 Å². The minimum atomic E-state index is 0.0914. The number of anilines is 1. The average Bonchev–Trinajstić information content (AvgIpc) is 3.16. The van der Waals surface area contributed by atoms with Gasteiger partial charge in [-0.3, -0.25) is 4.79 Å². The van der Waals surface area contributed by atoms with Crippen molar-refractivity contribution in [3.63, 3.8) is 0 Å². The topological polar surface area (TPSA) is 37.3 Å². The first-order chi connectivity index (χ1) is 15.7. The Morgan fingerprint density at radius 2 is 1.62 bits per heavy atom. The summed E-state index contributed by atoms with van der Waals surface area (Å²) in [6.45, 7) is 6.05. The number of para-hydroxylation sites is 1. The van der Waals surface area contributed by atoms with Gasteiger partial charge >= 0.3 is 0 Å². The molecule has 3 aromatic carbocycles. The number of hydrogen-bond donors (Lipinski definition) is 1. The average molecular weight is 426 g/mol. The third-order valence-corrected chi connectivity index (χ3v) is 6.89. The van der Waals surface area contributed by atoms with E-state index in [1.165, 1.54) is 40.2 Å². The molecule has 1 aliphatic rings. The number of likely N-dealkylation sites (tertiary alicyclic amines) is 1. The number of amides is 1. The van der Waals surface area contributed by atoms with E-state index in [2.05, 4.69) is 88.4 Å². The lowest BCUT2D eigenvalue weighted by Crippen LogP contribution is -2.35. The second-order valence-corrected chi connectivity index (χ2v) is 8.82. The molecule has 0 saturated carbocycles. The molecule has 1 N–H and O–H groups in total. The van der Waals surface area contributed by atoms with Gasteiger partial charge in [0.1, 0.15) is 0 Å². The van der Waals surface area contributed by atoms with Crippen molar-refractivity contribution in [1.82, 2.24) is 9.47 Å². The van der Waals surface area contributed by atoms with Gasteiger partial charge < -0.3 is 14.8 Å². The predicted octanol–water partition coefficient (Wildman–Crippen LogP) is 6.02. The quantitative estimate of drug-likeness (QED) is 0.410. The Hall–Kier alpha value is -3.11. The molecule has 32 heavy (non-hydrogen) atoms. The molecule has 1 fully saturated rings. The smallest absolute Gasteiger partial charge is 0.225 e. The van der Waals surface area contributed by atoms with Crippen LogP contribution in [0.1, 0.15) is 37.7 Å². The van der Waals surface area contributed by atoms with Crippen molar-refractivity contribution in [2.45, 2.75) is 38.6 Å². The predicted molar refractivity (Wildman–Crippen MR) is 133 cm³/mol. The van der Waals surface area contributed by atoms with Crippen molar-refractivity contribution in [2.75, 3.05) is 25.0 Å². The standard InChI is InChI=1S/C28H31N3O/c1-2-31-26-11-7-6-10-24(26)25-20-23(12-13-27(25)31)29-28(32)16-19-30-17-14-22(15-18-30)21-8-4-3-5-9-21/h3-13,20,22H,2,14-19H2,1H3,(H,29,32). The fourth-order valence-corrected chi connectivity index (χ4v) is 5.17. The van der Waals surface area contributed by atoms with Crippen LogP contribution in [0.15, 0.2) is 72.8 Å². The summed E-state index contributed by atoms with van der Waals surface area (Å²) in [5.41, 5.74) is 4.79. The zero-order valence-corrected chi connectivity index (χ0v) is 18.8. The third kappa shape index (κ3) is 4.15. The molecule has 0 radical (unpaired) electrons. The number of nitrogens with one attached hydrogen (secondary N) is 1. The van der Waals surface area contributed by atoms with E-state index in [1.807, 2.05) is 6.07 Å². The van der Waals surface area contributed by atoms with Gasteiger partial charge in [0.25, 0.3) is 0 Å². The zero-order chi connectivity index (χ0) is 21.9. The minimum absolute atomic E-state index is 0.0914. The lowest BCUT2D eigenvalue weighted by Gasteiger charge is -2.32. The van der Waals surface area contributed by atoms with Crippen LogP contribution < -0.4 is 5.32 Å². The molecule has 0 unspecified atom stereocenters. The molecule has 0 spiro atoms. The van der Waals surface area contributed by atoms with Gasteiger partial charge in [-0.15, -0.1) is 0 Å². The summed E-state index contributed by atoms with van der Waals surface area (Å²) in [6, 6.07) is 25.6. The van der Waals surface area contributed by atoms with Crippen LogP contribution in [-0.4, -0.2) is 35.0 Å². The SMILES string of the molecule is CCn1c2ccccc2c2cc(NC(=O)CCN3CCC(c4ccccc4)CC3)ccc21. The Balaban J connectivity index is 1.19. The highest BCUT2D eigenvalue weighted by Gasteiger charge is 2.20. The van der Waals surface area contributed by atoms with E-state index in [9.17, 15) is 4.79 Å². The van der Waals surface area contributed by atoms with E-state index in [0.717, 1.165) is 31.9 Å². The van der Waals surface area contributed by atoms with Gasteiger partial charge in [0.05, 0.1) is 0 Å². The van der Waals surface area contributed by atoms with Gasteiger partial charge in [-0.25, -0.2) is 0 Å². The number of piperidine rings is 1. The molecular weight excluding hydrogens is 394 g/mol. The largest absolute Gasteiger partial charge is 0.341 e. The van der Waals surface area contributed by atoms with Gasteiger partial charge in [0, 0.05) is 47.0 Å². The van der Waals surface area contributed by atoms with Crippen molar-refractivity contribution in [2.24, 2.45) is 0 Å². The molecule has 0 bridgehead atoms. The molecule has 4 nitrogen and oxygen atoms in total. The highest BCUT2D eigenvalue weighted by Crippen LogP contribution is 2.31. The molecule has 1 saturated heterocycles. The summed E-state index contributed by atoms with van der Waals surface area (Å²) in [4.78, 5) is 15.1. The summed E-state index contributed by atoms with van der Waals surface area (Å²) in [7, 11) is 0. The number of aromatic nitrogens is 1. The second-order valence-electron chi connectivity index (χ2n) is 8.82. The molecular formula is C28H31N3O. The first kappa shape index (κ1) is 20.8. The molecule has 1 amide bonds. The molecule has 5 rings (SSSR count). The van der Waals surface area contributed by atoms with Crippen LogP contribution in [-0.2, 0) is 11.3 Å². The number of hydrogen-bond acceptors (Lipinski definition) is 2. The summed E-state index contributed by atoms with van der Waals surface area (Å²) >= 11 is 0. The number of carbonyl (C=O) groups excluding carboxylic acids is 1. The first-order valence-electron chi connectivity index (χ1n) is 11.8. The maximum absolute atomic E-state index is 12.7. The van der Waals surface area contributed by atoms with Crippen LogP contribution in [0.3, 0.4) is 0 Å². The van der Waals surface area contributed by atoms with Crippen LogP contribution in [0, 0.1) is 0 Å². The summed E-state index contributed by atoms with van der Waals surface area (Å²) in [6.07, 6.45) is 2.87. The molecule has 4 heteroatoms. The number of benzene rings is 3. The second kappa shape index (κ2) is 9.17. The molecule has 164 valence electrons.